The summed E-state index contributed by atoms with van der Waals surface area (Å²) in [5.41, 5.74) is 1.87. The van der Waals surface area contributed by atoms with E-state index >= 15 is 0 Å². The number of ether oxygens (including phenoxy) is 1. The van der Waals surface area contributed by atoms with Crippen LogP contribution in [-0.2, 0) is 11.2 Å². The second-order valence-corrected chi connectivity index (χ2v) is 7.75. The molecule has 2 N–H and O–H groups in total. The first kappa shape index (κ1) is 30.2. The van der Waals surface area contributed by atoms with Gasteiger partial charge in [0, 0.05) is 0 Å². The van der Waals surface area contributed by atoms with Gasteiger partial charge in [-0.3, -0.25) is 0 Å². The lowest BCUT2D eigenvalue weighted by atomic mass is 10.00. The predicted octanol–water partition coefficient (Wildman–Crippen LogP) is 8.24. The number of esters is 1. The summed E-state index contributed by atoms with van der Waals surface area (Å²) in [5, 5.41) is 13.9. The van der Waals surface area contributed by atoms with Crippen LogP contribution in [0.3, 0.4) is 0 Å². The summed E-state index contributed by atoms with van der Waals surface area (Å²) in [6.45, 7) is 4.55. The number of hydrogen-bond donors (Lipinski definition) is 2. The van der Waals surface area contributed by atoms with Crippen LogP contribution in [0.4, 0.5) is 4.79 Å². The monoisotopic (exact) mass is 458 g/mol. The van der Waals surface area contributed by atoms with E-state index in [1.54, 1.807) is 0 Å². The van der Waals surface area contributed by atoms with Crippen molar-refractivity contribution in [3.8, 4) is 0 Å². The zero-order valence-electron chi connectivity index (χ0n) is 20.4. The Bertz CT molecular complexity index is 685. The third-order valence-electron chi connectivity index (χ3n) is 4.98. The van der Waals surface area contributed by atoms with E-state index in [-0.39, 0.29) is 5.97 Å². The zero-order valence-corrected chi connectivity index (χ0v) is 20.4. The standard InChI is InChI=1S/C21H34O2.C6H6.CH2O3/c1-3-5-6-7-8-9-10-11-12-13-16-19-17-14-15-18-20(19)21(22)23-4-2;1-2-4-6-5-3-1;2-1(3)4/h14-15,17-18H,3-13,16H2,1-2H3;1-6H;(H2,2,3,4). The quantitative estimate of drug-likeness (QED) is 0.233. The zero-order chi connectivity index (χ0) is 24.6. The molecule has 33 heavy (non-hydrogen) atoms. The van der Waals surface area contributed by atoms with Crippen molar-refractivity contribution in [1.29, 1.82) is 0 Å². The summed E-state index contributed by atoms with van der Waals surface area (Å²) in [4.78, 5) is 20.5. The molecule has 0 atom stereocenters. The van der Waals surface area contributed by atoms with E-state index in [0.29, 0.717) is 6.61 Å². The minimum absolute atomic E-state index is 0.185. The highest BCUT2D eigenvalue weighted by atomic mass is 16.6. The fourth-order valence-corrected chi connectivity index (χ4v) is 3.33. The maximum atomic E-state index is 11.9. The van der Waals surface area contributed by atoms with Crippen LogP contribution in [0, 0.1) is 0 Å². The minimum Gasteiger partial charge on any atom is -0.462 e. The van der Waals surface area contributed by atoms with Gasteiger partial charge in [-0.2, -0.15) is 0 Å². The molecule has 0 bridgehead atoms. The highest BCUT2D eigenvalue weighted by Gasteiger charge is 2.10. The highest BCUT2D eigenvalue weighted by Crippen LogP contribution is 2.16. The van der Waals surface area contributed by atoms with E-state index in [1.807, 2.05) is 61.5 Å². The average molecular weight is 459 g/mol. The lowest BCUT2D eigenvalue weighted by molar-refractivity contribution is 0.0525. The molecule has 0 spiro atoms. The van der Waals surface area contributed by atoms with Gasteiger partial charge in [-0.15, -0.1) is 0 Å². The summed E-state index contributed by atoms with van der Waals surface area (Å²) < 4.78 is 5.13. The molecule has 2 aromatic rings. The van der Waals surface area contributed by atoms with Crippen LogP contribution in [0.15, 0.2) is 60.7 Å². The largest absolute Gasteiger partial charge is 0.503 e. The molecule has 184 valence electrons. The van der Waals surface area contributed by atoms with Crippen molar-refractivity contribution in [1.82, 2.24) is 0 Å². The molecule has 0 amide bonds. The van der Waals surface area contributed by atoms with Gasteiger partial charge in [0.15, 0.2) is 0 Å². The van der Waals surface area contributed by atoms with Gasteiger partial charge >= 0.3 is 12.1 Å². The Hall–Kier alpha value is -2.82. The Balaban J connectivity index is 0.000000840. The number of hydrogen-bond acceptors (Lipinski definition) is 3. The fourth-order valence-electron chi connectivity index (χ4n) is 3.33. The summed E-state index contributed by atoms with van der Waals surface area (Å²) in [7, 11) is 0. The molecule has 0 unspecified atom stereocenters. The third kappa shape index (κ3) is 19.6. The third-order valence-corrected chi connectivity index (χ3v) is 4.98. The van der Waals surface area contributed by atoms with Gasteiger partial charge < -0.3 is 14.9 Å². The molecule has 2 rings (SSSR count). The van der Waals surface area contributed by atoms with Crippen LogP contribution in [-0.4, -0.2) is 28.9 Å². The maximum absolute atomic E-state index is 11.9. The van der Waals surface area contributed by atoms with Crippen molar-refractivity contribution >= 4 is 12.1 Å². The average Bonchev–Trinajstić information content (AvgIpc) is 2.82. The summed E-state index contributed by atoms with van der Waals surface area (Å²) in [6.07, 6.45) is 12.5. The van der Waals surface area contributed by atoms with Crippen molar-refractivity contribution in [3.05, 3.63) is 71.8 Å². The smallest absolute Gasteiger partial charge is 0.462 e. The number of unbranched alkanes of at least 4 members (excludes halogenated alkanes) is 9. The molecule has 0 aliphatic heterocycles. The predicted molar refractivity (Wildman–Crippen MR) is 135 cm³/mol. The SMILES string of the molecule is CCCCCCCCCCCCc1ccccc1C(=O)OCC.O=C(O)O.c1ccccc1. The van der Waals surface area contributed by atoms with E-state index in [2.05, 4.69) is 13.0 Å². The van der Waals surface area contributed by atoms with Crippen molar-refractivity contribution in [2.45, 2.75) is 84.5 Å². The molecular formula is C28H42O5. The molecule has 0 heterocycles. The molecular weight excluding hydrogens is 416 g/mol. The van der Waals surface area contributed by atoms with E-state index in [0.717, 1.165) is 24.0 Å². The molecule has 2 aromatic carbocycles. The number of carbonyl (C=O) groups excluding carboxylic acids is 1. The normalized spacial score (nSPS) is 9.64. The van der Waals surface area contributed by atoms with Crippen LogP contribution >= 0.6 is 0 Å². The van der Waals surface area contributed by atoms with E-state index in [9.17, 15) is 4.79 Å². The fraction of sp³-hybridized carbons (Fsp3) is 0.500. The van der Waals surface area contributed by atoms with Gasteiger partial charge in [0.05, 0.1) is 12.2 Å². The van der Waals surface area contributed by atoms with Crippen LogP contribution < -0.4 is 0 Å². The Labute approximate surface area is 199 Å². The maximum Gasteiger partial charge on any atom is 0.503 e. The molecule has 0 aromatic heterocycles. The van der Waals surface area contributed by atoms with Crippen molar-refractivity contribution < 1.29 is 24.5 Å². The van der Waals surface area contributed by atoms with Crippen LogP contribution in [0.1, 0.15) is 94.0 Å². The second-order valence-electron chi connectivity index (χ2n) is 7.75. The first-order valence-corrected chi connectivity index (χ1v) is 12.2. The molecule has 0 fully saturated rings. The summed E-state index contributed by atoms with van der Waals surface area (Å²) >= 11 is 0. The molecule has 0 saturated carbocycles. The highest BCUT2D eigenvalue weighted by molar-refractivity contribution is 5.91. The number of aryl methyl sites for hydroxylation is 1. The molecule has 5 heteroatoms. The first-order valence-electron chi connectivity index (χ1n) is 12.2. The van der Waals surface area contributed by atoms with Crippen LogP contribution in [0.2, 0.25) is 0 Å². The Morgan fingerprint density at radius 3 is 1.55 bits per heavy atom. The van der Waals surface area contributed by atoms with Crippen LogP contribution in [0.25, 0.3) is 0 Å². The molecule has 0 aliphatic rings. The van der Waals surface area contributed by atoms with Gasteiger partial charge in [0.1, 0.15) is 0 Å². The van der Waals surface area contributed by atoms with Gasteiger partial charge in [-0.05, 0) is 31.4 Å². The van der Waals surface area contributed by atoms with Crippen LogP contribution in [0.5, 0.6) is 0 Å². The van der Waals surface area contributed by atoms with E-state index in [1.165, 1.54) is 57.8 Å². The Kier molecular flexibility index (Phi) is 20.5. The number of carbonyl (C=O) groups is 2. The lowest BCUT2D eigenvalue weighted by Crippen LogP contribution is -2.08. The number of benzene rings is 2. The Morgan fingerprint density at radius 2 is 1.09 bits per heavy atom. The minimum atomic E-state index is -1.83. The first-order chi connectivity index (χ1) is 16.0. The van der Waals surface area contributed by atoms with Gasteiger partial charge in [0.25, 0.3) is 0 Å². The van der Waals surface area contributed by atoms with Gasteiger partial charge in [-0.1, -0.05) is 119 Å². The summed E-state index contributed by atoms with van der Waals surface area (Å²) in [5.74, 6) is -0.185. The van der Waals surface area contributed by atoms with Gasteiger partial charge in [-0.25, -0.2) is 9.59 Å². The topological polar surface area (TPSA) is 83.8 Å². The molecule has 5 nitrogen and oxygen atoms in total. The van der Waals surface area contributed by atoms with E-state index in [4.69, 9.17) is 19.7 Å². The lowest BCUT2D eigenvalue weighted by Gasteiger charge is -2.08. The molecule has 0 radical (unpaired) electrons. The van der Waals surface area contributed by atoms with Crippen molar-refractivity contribution in [2.75, 3.05) is 6.61 Å². The molecule has 0 aliphatic carbocycles. The number of carboxylic acid groups (broad SMARTS) is 2. The van der Waals surface area contributed by atoms with E-state index < -0.39 is 6.16 Å². The molecule has 0 saturated heterocycles. The van der Waals surface area contributed by atoms with Crippen molar-refractivity contribution in [2.24, 2.45) is 0 Å². The summed E-state index contributed by atoms with van der Waals surface area (Å²) in [6, 6.07) is 19.9. The van der Waals surface area contributed by atoms with Gasteiger partial charge in [0.2, 0.25) is 0 Å². The number of rotatable bonds is 13. The Morgan fingerprint density at radius 1 is 0.667 bits per heavy atom. The second kappa shape index (κ2) is 22.4. The van der Waals surface area contributed by atoms with Crippen molar-refractivity contribution in [3.63, 3.8) is 0 Å².